The Hall–Kier alpha value is -2.80. The minimum Gasteiger partial charge on any atom is -0.471 e. The lowest BCUT2D eigenvalue weighted by molar-refractivity contribution is 0.0723. The lowest BCUT2D eigenvalue weighted by Crippen LogP contribution is -2.37. The topological polar surface area (TPSA) is 35.5 Å². The lowest BCUT2D eigenvalue weighted by Gasteiger charge is -2.33. The molecule has 2 saturated carbocycles. The molecule has 0 amide bonds. The molecule has 2 aromatic rings. The second-order valence-corrected chi connectivity index (χ2v) is 8.61. The second-order valence-electron chi connectivity index (χ2n) is 8.61. The van der Waals surface area contributed by atoms with Crippen LogP contribution in [0.4, 0.5) is 4.39 Å². The Balaban J connectivity index is 1.54. The van der Waals surface area contributed by atoms with E-state index in [9.17, 15) is 9.18 Å². The maximum Gasteiger partial charge on any atom is 0.343 e. The first-order chi connectivity index (χ1) is 15.1. The highest BCUT2D eigenvalue weighted by atomic mass is 19.1. The highest BCUT2D eigenvalue weighted by molar-refractivity contribution is 5.91. The molecular weight excluding hydrogens is 391 g/mol. The van der Waals surface area contributed by atoms with E-state index in [2.05, 4.69) is 11.8 Å². The van der Waals surface area contributed by atoms with Crippen molar-refractivity contribution in [2.75, 3.05) is 0 Å². The van der Waals surface area contributed by atoms with Gasteiger partial charge < -0.3 is 9.47 Å². The van der Waals surface area contributed by atoms with Crippen LogP contribution in [0.25, 0.3) is 0 Å². The van der Waals surface area contributed by atoms with E-state index in [0.717, 1.165) is 44.9 Å². The van der Waals surface area contributed by atoms with Gasteiger partial charge in [-0.25, -0.2) is 9.18 Å². The number of hydrogen-bond donors (Lipinski definition) is 0. The fourth-order valence-corrected chi connectivity index (χ4v) is 4.43. The molecule has 4 heteroatoms. The summed E-state index contributed by atoms with van der Waals surface area (Å²) in [6.07, 6.45) is 10.7. The van der Waals surface area contributed by atoms with E-state index < -0.39 is 17.4 Å². The minimum absolute atomic E-state index is 0.0716. The van der Waals surface area contributed by atoms with Crippen molar-refractivity contribution in [1.29, 1.82) is 0 Å². The summed E-state index contributed by atoms with van der Waals surface area (Å²) in [6.45, 7) is 0. The van der Waals surface area contributed by atoms with E-state index in [-0.39, 0.29) is 11.3 Å². The molecule has 2 aromatic carbocycles. The molecule has 0 aliphatic heterocycles. The first kappa shape index (κ1) is 21.4. The molecule has 31 heavy (non-hydrogen) atoms. The zero-order valence-electron chi connectivity index (χ0n) is 17.9. The molecule has 2 aliphatic rings. The molecule has 0 spiro atoms. The maximum atomic E-state index is 14.7. The number of rotatable bonds is 4. The van der Waals surface area contributed by atoms with Gasteiger partial charge in [-0.2, -0.15) is 0 Å². The number of carbonyl (C=O) groups is 1. The quantitative estimate of drug-likeness (QED) is 0.313. The van der Waals surface area contributed by atoms with E-state index in [0.29, 0.717) is 11.7 Å². The van der Waals surface area contributed by atoms with E-state index in [1.54, 1.807) is 24.3 Å². The molecule has 0 N–H and O–H groups in total. The van der Waals surface area contributed by atoms with Crippen molar-refractivity contribution in [2.24, 2.45) is 5.92 Å². The SMILES string of the molecule is O=C(Oc1ccccc1)c1ccc(F)c(OC2(C#CC3CCCCC3)CCCCC2)c1. The molecule has 2 fully saturated rings. The smallest absolute Gasteiger partial charge is 0.343 e. The second kappa shape index (κ2) is 10.0. The number of esters is 1. The molecule has 0 aromatic heterocycles. The first-order valence-corrected chi connectivity index (χ1v) is 11.4. The summed E-state index contributed by atoms with van der Waals surface area (Å²) in [6, 6.07) is 13.0. The van der Waals surface area contributed by atoms with E-state index in [4.69, 9.17) is 9.47 Å². The van der Waals surface area contributed by atoms with E-state index in [1.807, 2.05) is 6.07 Å². The lowest BCUT2D eigenvalue weighted by atomic mass is 9.83. The molecule has 0 unspecified atom stereocenters. The van der Waals surface area contributed by atoms with Crippen molar-refractivity contribution < 1.29 is 18.7 Å². The molecule has 0 radical (unpaired) electrons. The normalized spacial score (nSPS) is 18.5. The number of ether oxygens (including phenoxy) is 2. The van der Waals surface area contributed by atoms with Crippen LogP contribution in [0.15, 0.2) is 48.5 Å². The Labute approximate surface area is 184 Å². The van der Waals surface area contributed by atoms with Gasteiger partial charge in [0, 0.05) is 5.92 Å². The summed E-state index contributed by atoms with van der Waals surface area (Å²) in [5.74, 6) is 6.77. The van der Waals surface area contributed by atoms with Crippen LogP contribution in [0.2, 0.25) is 0 Å². The Morgan fingerprint density at radius 3 is 2.39 bits per heavy atom. The van der Waals surface area contributed by atoms with Crippen LogP contribution in [0, 0.1) is 23.6 Å². The largest absolute Gasteiger partial charge is 0.471 e. The number of carbonyl (C=O) groups excluding carboxylic acids is 1. The first-order valence-electron chi connectivity index (χ1n) is 11.4. The fraction of sp³-hybridized carbons (Fsp3) is 0.444. The summed E-state index contributed by atoms with van der Waals surface area (Å²) in [4.78, 5) is 12.6. The van der Waals surface area contributed by atoms with Crippen LogP contribution in [0.1, 0.15) is 74.6 Å². The van der Waals surface area contributed by atoms with Gasteiger partial charge in [0.05, 0.1) is 5.56 Å². The Morgan fingerprint density at radius 1 is 0.935 bits per heavy atom. The minimum atomic E-state index is -0.682. The summed E-state index contributed by atoms with van der Waals surface area (Å²) in [5, 5.41) is 0. The number of halogens is 1. The molecule has 0 saturated heterocycles. The summed E-state index contributed by atoms with van der Waals surface area (Å²) >= 11 is 0. The number of benzene rings is 2. The van der Waals surface area contributed by atoms with Gasteiger partial charge in [0.25, 0.3) is 0 Å². The molecule has 0 atom stereocenters. The number of hydrogen-bond acceptors (Lipinski definition) is 3. The molecule has 0 bridgehead atoms. The van der Waals surface area contributed by atoms with Gasteiger partial charge in [-0.05, 0) is 68.9 Å². The highest BCUT2D eigenvalue weighted by Crippen LogP contribution is 2.35. The standard InChI is InChI=1S/C27H29FO3/c28-24-15-14-22(26(29)30-23-12-6-2-7-13-23)20-25(24)31-27(17-8-3-9-18-27)19-16-21-10-4-1-5-11-21/h2,6-7,12-15,20-21H,1,3-5,8-11,17-18H2. The zero-order chi connectivity index (χ0) is 21.5. The van der Waals surface area contributed by atoms with E-state index in [1.165, 1.54) is 37.5 Å². The van der Waals surface area contributed by atoms with Crippen LogP contribution in [0.3, 0.4) is 0 Å². The fourth-order valence-electron chi connectivity index (χ4n) is 4.43. The maximum absolute atomic E-state index is 14.7. The molecular formula is C27H29FO3. The molecule has 3 nitrogen and oxygen atoms in total. The summed E-state index contributed by atoms with van der Waals surface area (Å²) in [5.41, 5.74) is -0.426. The van der Waals surface area contributed by atoms with E-state index >= 15 is 0 Å². The van der Waals surface area contributed by atoms with Crippen LogP contribution in [-0.4, -0.2) is 11.6 Å². The third-order valence-corrected chi connectivity index (χ3v) is 6.20. The van der Waals surface area contributed by atoms with Gasteiger partial charge in [0.1, 0.15) is 5.75 Å². The Bertz CT molecular complexity index is 945. The predicted octanol–water partition coefficient (Wildman–Crippen LogP) is 6.71. The van der Waals surface area contributed by atoms with Gasteiger partial charge in [-0.1, -0.05) is 55.7 Å². The zero-order valence-corrected chi connectivity index (χ0v) is 17.9. The third-order valence-electron chi connectivity index (χ3n) is 6.20. The van der Waals surface area contributed by atoms with Crippen molar-refractivity contribution in [3.05, 3.63) is 59.9 Å². The van der Waals surface area contributed by atoms with Crippen LogP contribution < -0.4 is 9.47 Å². The third kappa shape index (κ3) is 5.67. The van der Waals surface area contributed by atoms with Crippen molar-refractivity contribution in [2.45, 2.75) is 69.8 Å². The van der Waals surface area contributed by atoms with Gasteiger partial charge in [0.2, 0.25) is 0 Å². The van der Waals surface area contributed by atoms with Gasteiger partial charge >= 0.3 is 5.97 Å². The summed E-state index contributed by atoms with van der Waals surface area (Å²) in [7, 11) is 0. The van der Waals surface area contributed by atoms with Gasteiger partial charge in [-0.15, -0.1) is 0 Å². The van der Waals surface area contributed by atoms with Crippen molar-refractivity contribution in [3.63, 3.8) is 0 Å². The molecule has 2 aliphatic carbocycles. The number of para-hydroxylation sites is 1. The van der Waals surface area contributed by atoms with Crippen LogP contribution in [-0.2, 0) is 0 Å². The summed E-state index contributed by atoms with van der Waals surface area (Å²) < 4.78 is 26.3. The van der Waals surface area contributed by atoms with Crippen LogP contribution in [0.5, 0.6) is 11.5 Å². The average Bonchev–Trinajstić information content (AvgIpc) is 2.81. The molecule has 4 rings (SSSR count). The highest BCUT2D eigenvalue weighted by Gasteiger charge is 2.34. The van der Waals surface area contributed by atoms with Crippen molar-refractivity contribution in [3.8, 4) is 23.3 Å². The predicted molar refractivity (Wildman–Crippen MR) is 119 cm³/mol. The average molecular weight is 421 g/mol. The molecule has 0 heterocycles. The monoisotopic (exact) mass is 420 g/mol. The van der Waals surface area contributed by atoms with Crippen LogP contribution >= 0.6 is 0 Å². The van der Waals surface area contributed by atoms with Gasteiger partial charge in [0.15, 0.2) is 17.2 Å². The van der Waals surface area contributed by atoms with Crippen molar-refractivity contribution >= 4 is 5.97 Å². The van der Waals surface area contributed by atoms with Crippen molar-refractivity contribution in [1.82, 2.24) is 0 Å². The van der Waals surface area contributed by atoms with Gasteiger partial charge in [-0.3, -0.25) is 0 Å². The Kier molecular flexibility index (Phi) is 6.92. The Morgan fingerprint density at radius 2 is 1.65 bits per heavy atom. The molecule has 162 valence electrons.